The van der Waals surface area contributed by atoms with E-state index in [1.165, 1.54) is 0 Å². The minimum Gasteiger partial charge on any atom is -0.385 e. The van der Waals surface area contributed by atoms with E-state index >= 15 is 0 Å². The van der Waals surface area contributed by atoms with Crippen LogP contribution in [0.15, 0.2) is 0 Å². The second-order valence-corrected chi connectivity index (χ2v) is 5.29. The van der Waals surface area contributed by atoms with Gasteiger partial charge in [-0.05, 0) is 45.6 Å². The predicted molar refractivity (Wildman–Crippen MR) is 78.1 cm³/mol. The molecule has 0 heterocycles. The Balaban J connectivity index is 4.70. The topological polar surface area (TPSA) is 30.5 Å². The van der Waals surface area contributed by atoms with Crippen molar-refractivity contribution < 1.29 is 9.47 Å². The minimum absolute atomic E-state index is 0.0862. The van der Waals surface area contributed by atoms with Crippen molar-refractivity contribution in [2.75, 3.05) is 26.9 Å². The number of nitrogens with one attached hydrogen (secondary N) is 1. The van der Waals surface area contributed by atoms with Crippen LogP contribution in [0.3, 0.4) is 0 Å². The SMILES string of the molecule is CCCNC(C(C)CCOC)C(C)(CC)OCC. The predicted octanol–water partition coefficient (Wildman–Crippen LogP) is 3.23. The summed E-state index contributed by atoms with van der Waals surface area (Å²) < 4.78 is 11.2. The van der Waals surface area contributed by atoms with Crippen molar-refractivity contribution in [3.05, 3.63) is 0 Å². The Morgan fingerprint density at radius 3 is 2.33 bits per heavy atom. The summed E-state index contributed by atoms with van der Waals surface area (Å²) in [5.74, 6) is 0.549. The third-order valence-corrected chi connectivity index (χ3v) is 3.79. The Morgan fingerprint density at radius 1 is 1.22 bits per heavy atom. The summed E-state index contributed by atoms with van der Waals surface area (Å²) in [6.07, 6.45) is 3.25. The molecule has 0 aliphatic rings. The Kier molecular flexibility index (Phi) is 9.70. The van der Waals surface area contributed by atoms with Gasteiger partial charge >= 0.3 is 0 Å². The van der Waals surface area contributed by atoms with E-state index in [2.05, 4.69) is 39.9 Å². The molecule has 0 aliphatic heterocycles. The first kappa shape index (κ1) is 17.9. The third-order valence-electron chi connectivity index (χ3n) is 3.79. The lowest BCUT2D eigenvalue weighted by molar-refractivity contribution is -0.0697. The van der Waals surface area contributed by atoms with E-state index < -0.39 is 0 Å². The zero-order valence-corrected chi connectivity index (χ0v) is 13.2. The summed E-state index contributed by atoms with van der Waals surface area (Å²) in [4.78, 5) is 0. The van der Waals surface area contributed by atoms with Crippen LogP contribution >= 0.6 is 0 Å². The van der Waals surface area contributed by atoms with Gasteiger partial charge < -0.3 is 14.8 Å². The molecule has 3 unspecified atom stereocenters. The van der Waals surface area contributed by atoms with Crippen molar-refractivity contribution in [2.24, 2.45) is 5.92 Å². The lowest BCUT2D eigenvalue weighted by Crippen LogP contribution is -2.54. The van der Waals surface area contributed by atoms with Crippen LogP contribution in [0.5, 0.6) is 0 Å². The molecular formula is C15H33NO2. The van der Waals surface area contributed by atoms with Gasteiger partial charge in [-0.2, -0.15) is 0 Å². The molecule has 3 heteroatoms. The first-order valence-corrected chi connectivity index (χ1v) is 7.41. The van der Waals surface area contributed by atoms with Crippen LogP contribution in [0.2, 0.25) is 0 Å². The summed E-state index contributed by atoms with van der Waals surface area (Å²) in [7, 11) is 1.77. The summed E-state index contributed by atoms with van der Waals surface area (Å²) in [5.41, 5.74) is -0.0862. The maximum absolute atomic E-state index is 6.04. The van der Waals surface area contributed by atoms with Gasteiger partial charge in [-0.15, -0.1) is 0 Å². The normalized spacial score (nSPS) is 18.3. The highest BCUT2D eigenvalue weighted by molar-refractivity contribution is 4.92. The molecule has 0 aliphatic carbocycles. The zero-order valence-electron chi connectivity index (χ0n) is 13.2. The molecule has 18 heavy (non-hydrogen) atoms. The van der Waals surface area contributed by atoms with Gasteiger partial charge in [-0.1, -0.05) is 20.8 Å². The van der Waals surface area contributed by atoms with E-state index in [1.807, 2.05) is 0 Å². The molecule has 0 rings (SSSR count). The van der Waals surface area contributed by atoms with Crippen molar-refractivity contribution in [3.8, 4) is 0 Å². The first-order chi connectivity index (χ1) is 8.55. The average Bonchev–Trinajstić information content (AvgIpc) is 2.37. The van der Waals surface area contributed by atoms with E-state index in [0.717, 1.165) is 39.0 Å². The van der Waals surface area contributed by atoms with Gasteiger partial charge in [0.2, 0.25) is 0 Å². The number of hydrogen-bond donors (Lipinski definition) is 1. The van der Waals surface area contributed by atoms with Gasteiger partial charge in [0, 0.05) is 26.4 Å². The van der Waals surface area contributed by atoms with Crippen molar-refractivity contribution in [2.45, 2.75) is 65.5 Å². The molecule has 0 amide bonds. The average molecular weight is 259 g/mol. The van der Waals surface area contributed by atoms with Gasteiger partial charge in [0.15, 0.2) is 0 Å². The molecule has 0 aromatic rings. The van der Waals surface area contributed by atoms with Crippen LogP contribution in [0.1, 0.15) is 53.9 Å². The monoisotopic (exact) mass is 259 g/mol. The van der Waals surface area contributed by atoms with Gasteiger partial charge in [0.1, 0.15) is 0 Å². The second-order valence-electron chi connectivity index (χ2n) is 5.29. The fourth-order valence-corrected chi connectivity index (χ4v) is 2.53. The molecule has 0 saturated heterocycles. The van der Waals surface area contributed by atoms with Crippen molar-refractivity contribution in [1.82, 2.24) is 5.32 Å². The number of rotatable bonds is 11. The van der Waals surface area contributed by atoms with E-state index in [4.69, 9.17) is 9.47 Å². The van der Waals surface area contributed by atoms with Crippen LogP contribution in [0.25, 0.3) is 0 Å². The number of ether oxygens (including phenoxy) is 2. The minimum atomic E-state index is -0.0862. The molecule has 0 bridgehead atoms. The van der Waals surface area contributed by atoms with E-state index in [9.17, 15) is 0 Å². The van der Waals surface area contributed by atoms with E-state index in [1.54, 1.807) is 7.11 Å². The molecular weight excluding hydrogens is 226 g/mol. The highest BCUT2D eigenvalue weighted by Gasteiger charge is 2.36. The van der Waals surface area contributed by atoms with Crippen LogP contribution in [0.4, 0.5) is 0 Å². The Morgan fingerprint density at radius 2 is 1.89 bits per heavy atom. The molecule has 0 spiro atoms. The van der Waals surface area contributed by atoms with Gasteiger partial charge in [-0.25, -0.2) is 0 Å². The number of hydrogen-bond acceptors (Lipinski definition) is 3. The van der Waals surface area contributed by atoms with Crippen LogP contribution < -0.4 is 5.32 Å². The van der Waals surface area contributed by atoms with E-state index in [0.29, 0.717) is 12.0 Å². The van der Waals surface area contributed by atoms with Crippen molar-refractivity contribution in [3.63, 3.8) is 0 Å². The largest absolute Gasteiger partial charge is 0.385 e. The van der Waals surface area contributed by atoms with Crippen molar-refractivity contribution in [1.29, 1.82) is 0 Å². The van der Waals surface area contributed by atoms with Crippen LogP contribution in [-0.4, -0.2) is 38.5 Å². The molecule has 0 radical (unpaired) electrons. The molecule has 0 saturated carbocycles. The highest BCUT2D eigenvalue weighted by atomic mass is 16.5. The van der Waals surface area contributed by atoms with Gasteiger partial charge in [0.25, 0.3) is 0 Å². The van der Waals surface area contributed by atoms with E-state index in [-0.39, 0.29) is 5.60 Å². The Hall–Kier alpha value is -0.120. The standard InChI is InChI=1S/C15H33NO2/c1-7-11-16-14(13(4)10-12-17-6)15(5,8-2)18-9-3/h13-14,16H,7-12H2,1-6H3. The maximum Gasteiger partial charge on any atom is 0.0806 e. The Bertz CT molecular complexity index is 199. The summed E-state index contributed by atoms with van der Waals surface area (Å²) in [5, 5.41) is 3.67. The van der Waals surface area contributed by atoms with Crippen LogP contribution in [0, 0.1) is 5.92 Å². The zero-order chi connectivity index (χ0) is 14.0. The maximum atomic E-state index is 6.04. The fraction of sp³-hybridized carbons (Fsp3) is 1.00. The summed E-state index contributed by atoms with van der Waals surface area (Å²) in [6, 6.07) is 0.387. The molecule has 0 aromatic carbocycles. The quantitative estimate of drug-likeness (QED) is 0.618. The summed E-state index contributed by atoms with van der Waals surface area (Å²) >= 11 is 0. The fourth-order valence-electron chi connectivity index (χ4n) is 2.53. The molecule has 110 valence electrons. The first-order valence-electron chi connectivity index (χ1n) is 7.41. The smallest absolute Gasteiger partial charge is 0.0806 e. The molecule has 1 N–H and O–H groups in total. The van der Waals surface area contributed by atoms with Gasteiger partial charge in [-0.3, -0.25) is 0 Å². The third kappa shape index (κ3) is 5.68. The Labute approximate surface area is 114 Å². The highest BCUT2D eigenvalue weighted by Crippen LogP contribution is 2.27. The van der Waals surface area contributed by atoms with Gasteiger partial charge in [0.05, 0.1) is 5.60 Å². The van der Waals surface area contributed by atoms with Crippen molar-refractivity contribution >= 4 is 0 Å². The lowest BCUT2D eigenvalue weighted by atomic mass is 9.83. The number of methoxy groups -OCH3 is 1. The second kappa shape index (κ2) is 9.76. The molecule has 0 fully saturated rings. The van der Waals surface area contributed by atoms with Crippen LogP contribution in [-0.2, 0) is 9.47 Å². The summed E-state index contributed by atoms with van der Waals surface area (Å²) in [6.45, 7) is 13.6. The molecule has 3 nitrogen and oxygen atoms in total. The molecule has 0 aromatic heterocycles. The lowest BCUT2D eigenvalue weighted by Gasteiger charge is -2.41. The molecule has 3 atom stereocenters.